The molecule has 0 saturated carbocycles. The Balaban J connectivity index is 1.44. The Labute approximate surface area is 185 Å². The van der Waals surface area contributed by atoms with Gasteiger partial charge in [0.2, 0.25) is 20.0 Å². The third kappa shape index (κ3) is 5.01. The summed E-state index contributed by atoms with van der Waals surface area (Å²) in [6.07, 6.45) is 2.48. The van der Waals surface area contributed by atoms with Gasteiger partial charge in [-0.3, -0.25) is 4.90 Å². The van der Waals surface area contributed by atoms with E-state index in [2.05, 4.69) is 17.0 Å². The molecule has 0 aliphatic carbocycles. The molecule has 31 heavy (non-hydrogen) atoms. The van der Waals surface area contributed by atoms with Crippen LogP contribution < -0.4 is 0 Å². The standard InChI is InChI=1S/C22H29N3O4S2/c26-30(27,24-14-4-5-15-24)21-9-11-22(12-10-21)31(28,29)25-16-6-13-23(17-18-25)19-20-7-2-1-3-8-20/h1-3,7-12H,4-6,13-19H2. The van der Waals surface area contributed by atoms with Crippen molar-refractivity contribution < 1.29 is 16.8 Å². The van der Waals surface area contributed by atoms with Crippen molar-refractivity contribution in [3.8, 4) is 0 Å². The van der Waals surface area contributed by atoms with Crippen molar-refractivity contribution >= 4 is 20.0 Å². The van der Waals surface area contributed by atoms with Gasteiger partial charge in [-0.1, -0.05) is 30.3 Å². The van der Waals surface area contributed by atoms with Gasteiger partial charge in [0.15, 0.2) is 0 Å². The summed E-state index contributed by atoms with van der Waals surface area (Å²) in [4.78, 5) is 2.57. The molecule has 7 nitrogen and oxygen atoms in total. The van der Waals surface area contributed by atoms with Gasteiger partial charge in [-0.15, -0.1) is 0 Å². The maximum absolute atomic E-state index is 13.2. The SMILES string of the molecule is O=S(=O)(c1ccc(S(=O)(=O)N2CCCN(Cc3ccccc3)CC2)cc1)N1CCCC1. The lowest BCUT2D eigenvalue weighted by Gasteiger charge is -2.22. The molecule has 2 aliphatic heterocycles. The van der Waals surface area contributed by atoms with Crippen LogP contribution >= 0.6 is 0 Å². The summed E-state index contributed by atoms with van der Waals surface area (Å²) in [6.45, 7) is 4.23. The number of hydrogen-bond acceptors (Lipinski definition) is 5. The van der Waals surface area contributed by atoms with Crippen LogP contribution in [0.5, 0.6) is 0 Å². The molecule has 2 saturated heterocycles. The summed E-state index contributed by atoms with van der Waals surface area (Å²) >= 11 is 0. The summed E-state index contributed by atoms with van der Waals surface area (Å²) in [5, 5.41) is 0. The van der Waals surface area contributed by atoms with Crippen LogP contribution in [0.2, 0.25) is 0 Å². The summed E-state index contributed by atoms with van der Waals surface area (Å²) in [5.41, 5.74) is 1.22. The van der Waals surface area contributed by atoms with Crippen molar-refractivity contribution in [3.63, 3.8) is 0 Å². The van der Waals surface area contributed by atoms with E-state index in [1.54, 1.807) is 0 Å². The molecule has 2 aromatic rings. The third-order valence-corrected chi connectivity index (χ3v) is 9.79. The first kappa shape index (κ1) is 22.4. The fourth-order valence-electron chi connectivity index (χ4n) is 4.20. The lowest BCUT2D eigenvalue weighted by Crippen LogP contribution is -2.35. The van der Waals surface area contributed by atoms with Crippen LogP contribution in [-0.2, 0) is 26.6 Å². The van der Waals surface area contributed by atoms with Crippen LogP contribution in [0.3, 0.4) is 0 Å². The highest BCUT2D eigenvalue weighted by Gasteiger charge is 2.30. The first-order chi connectivity index (χ1) is 14.9. The van der Waals surface area contributed by atoms with Crippen LogP contribution in [0.25, 0.3) is 0 Å². The van der Waals surface area contributed by atoms with Crippen LogP contribution in [0.15, 0.2) is 64.4 Å². The van der Waals surface area contributed by atoms with Gasteiger partial charge in [0, 0.05) is 39.3 Å². The van der Waals surface area contributed by atoms with Crippen molar-refractivity contribution in [1.82, 2.24) is 13.5 Å². The minimum atomic E-state index is -3.66. The fraction of sp³-hybridized carbons (Fsp3) is 0.455. The predicted molar refractivity (Wildman–Crippen MR) is 120 cm³/mol. The van der Waals surface area contributed by atoms with E-state index in [0.717, 1.165) is 32.4 Å². The summed E-state index contributed by atoms with van der Waals surface area (Å²) in [6, 6.07) is 15.8. The van der Waals surface area contributed by atoms with Gasteiger partial charge in [-0.2, -0.15) is 8.61 Å². The summed E-state index contributed by atoms with van der Waals surface area (Å²) in [7, 11) is -7.22. The van der Waals surface area contributed by atoms with Gasteiger partial charge >= 0.3 is 0 Å². The topological polar surface area (TPSA) is 78.0 Å². The molecule has 168 valence electrons. The van der Waals surface area contributed by atoms with Crippen molar-refractivity contribution in [2.75, 3.05) is 39.3 Å². The highest BCUT2D eigenvalue weighted by molar-refractivity contribution is 7.89. The van der Waals surface area contributed by atoms with E-state index in [4.69, 9.17) is 0 Å². The average molecular weight is 464 g/mol. The second kappa shape index (κ2) is 9.38. The summed E-state index contributed by atoms with van der Waals surface area (Å²) in [5.74, 6) is 0. The molecule has 2 aliphatic rings. The molecular weight excluding hydrogens is 434 g/mol. The van der Waals surface area contributed by atoms with Gasteiger partial charge in [0.1, 0.15) is 0 Å². The molecule has 0 atom stereocenters. The maximum Gasteiger partial charge on any atom is 0.243 e. The van der Waals surface area contributed by atoms with Crippen LogP contribution in [-0.4, -0.2) is 69.6 Å². The van der Waals surface area contributed by atoms with Crippen molar-refractivity contribution in [1.29, 1.82) is 0 Å². The molecule has 0 N–H and O–H groups in total. The van der Waals surface area contributed by atoms with Crippen molar-refractivity contribution in [2.45, 2.75) is 35.6 Å². The largest absolute Gasteiger partial charge is 0.298 e. The molecule has 0 amide bonds. The first-order valence-corrected chi connectivity index (χ1v) is 13.6. The Bertz CT molecular complexity index is 1080. The van der Waals surface area contributed by atoms with E-state index in [1.807, 2.05) is 18.2 Å². The molecule has 0 bridgehead atoms. The molecule has 0 aromatic heterocycles. The zero-order chi connectivity index (χ0) is 21.9. The van der Waals surface area contributed by atoms with E-state index in [1.165, 1.54) is 38.4 Å². The second-order valence-corrected chi connectivity index (χ2v) is 12.0. The predicted octanol–water partition coefficient (Wildman–Crippen LogP) is 2.37. The van der Waals surface area contributed by atoms with Crippen molar-refractivity contribution in [3.05, 3.63) is 60.2 Å². The molecule has 2 aromatic carbocycles. The monoisotopic (exact) mass is 463 g/mol. The van der Waals surface area contributed by atoms with Crippen LogP contribution in [0.4, 0.5) is 0 Å². The Morgan fingerprint density at radius 2 is 1.10 bits per heavy atom. The van der Waals surface area contributed by atoms with E-state index in [-0.39, 0.29) is 9.79 Å². The van der Waals surface area contributed by atoms with Gasteiger partial charge in [0.05, 0.1) is 9.79 Å². The minimum Gasteiger partial charge on any atom is -0.298 e. The number of hydrogen-bond donors (Lipinski definition) is 0. The molecule has 0 unspecified atom stereocenters. The highest BCUT2D eigenvalue weighted by Crippen LogP contribution is 2.24. The molecular formula is C22H29N3O4S2. The Kier molecular flexibility index (Phi) is 6.78. The summed E-state index contributed by atoms with van der Waals surface area (Å²) < 4.78 is 54.7. The zero-order valence-corrected chi connectivity index (χ0v) is 19.2. The Morgan fingerprint density at radius 1 is 0.581 bits per heavy atom. The number of sulfonamides is 2. The van der Waals surface area contributed by atoms with E-state index in [0.29, 0.717) is 32.7 Å². The van der Waals surface area contributed by atoms with E-state index < -0.39 is 20.0 Å². The first-order valence-electron chi connectivity index (χ1n) is 10.7. The molecule has 2 heterocycles. The molecule has 4 rings (SSSR count). The van der Waals surface area contributed by atoms with Gasteiger partial charge in [-0.05, 0) is 55.6 Å². The highest BCUT2D eigenvalue weighted by atomic mass is 32.2. The van der Waals surface area contributed by atoms with Crippen LogP contribution in [0.1, 0.15) is 24.8 Å². The van der Waals surface area contributed by atoms with Gasteiger partial charge < -0.3 is 0 Å². The van der Waals surface area contributed by atoms with Crippen molar-refractivity contribution in [2.24, 2.45) is 0 Å². The third-order valence-electron chi connectivity index (χ3n) is 5.96. The Hall–Kier alpha value is -1.78. The average Bonchev–Trinajstić information content (AvgIpc) is 3.23. The molecule has 0 spiro atoms. The Morgan fingerprint density at radius 3 is 1.68 bits per heavy atom. The number of nitrogens with zero attached hydrogens (tertiary/aromatic N) is 3. The normalized spacial score (nSPS) is 20.0. The zero-order valence-electron chi connectivity index (χ0n) is 17.6. The quantitative estimate of drug-likeness (QED) is 0.657. The fourth-order valence-corrected chi connectivity index (χ4v) is 7.18. The smallest absolute Gasteiger partial charge is 0.243 e. The minimum absolute atomic E-state index is 0.143. The number of rotatable bonds is 6. The van der Waals surface area contributed by atoms with Gasteiger partial charge in [0.25, 0.3) is 0 Å². The second-order valence-electron chi connectivity index (χ2n) is 8.10. The lowest BCUT2D eigenvalue weighted by molar-refractivity contribution is 0.278. The van der Waals surface area contributed by atoms with Gasteiger partial charge in [-0.25, -0.2) is 16.8 Å². The van der Waals surface area contributed by atoms with Crippen LogP contribution in [0, 0.1) is 0 Å². The molecule has 2 fully saturated rings. The maximum atomic E-state index is 13.2. The lowest BCUT2D eigenvalue weighted by atomic mass is 10.2. The molecule has 9 heteroatoms. The van der Waals surface area contributed by atoms with E-state index >= 15 is 0 Å². The van der Waals surface area contributed by atoms with E-state index in [9.17, 15) is 16.8 Å². The molecule has 0 radical (unpaired) electrons. The number of benzene rings is 2.